The molecule has 32 heavy (non-hydrogen) atoms. The van der Waals surface area contributed by atoms with Crippen LogP contribution in [0.4, 0.5) is 35.4 Å². The highest BCUT2D eigenvalue weighted by Gasteiger charge is 2.35. The lowest BCUT2D eigenvalue weighted by molar-refractivity contribution is 0.142. The van der Waals surface area contributed by atoms with Crippen molar-refractivity contribution in [2.45, 2.75) is 6.10 Å². The highest BCUT2D eigenvalue weighted by molar-refractivity contribution is 7.80. The molecule has 0 saturated carbocycles. The molecule has 2 saturated heterocycles. The van der Waals surface area contributed by atoms with Crippen LogP contribution < -0.4 is 20.0 Å². The number of cyclic esters (lactones) is 1. The Hall–Kier alpha value is -3.47. The molecule has 4 rings (SSSR count). The van der Waals surface area contributed by atoms with Gasteiger partial charge in [0.1, 0.15) is 17.7 Å². The SMILES string of the molecule is COC(=S)NCC1CN(c2ccc(N3CCN(c4ccc(F)cc4)C3=O)c(F)c2)C(=O)O1. The molecule has 2 aliphatic heterocycles. The van der Waals surface area contributed by atoms with Crippen LogP contribution in [0.3, 0.4) is 0 Å². The van der Waals surface area contributed by atoms with Gasteiger partial charge in [0.05, 0.1) is 31.6 Å². The Morgan fingerprint density at radius 3 is 2.47 bits per heavy atom. The lowest BCUT2D eigenvalue weighted by Gasteiger charge is -2.20. The van der Waals surface area contributed by atoms with E-state index in [1.807, 2.05) is 0 Å². The van der Waals surface area contributed by atoms with Crippen molar-refractivity contribution in [1.29, 1.82) is 0 Å². The van der Waals surface area contributed by atoms with E-state index >= 15 is 0 Å². The van der Waals surface area contributed by atoms with E-state index in [0.717, 1.165) is 0 Å². The number of ether oxygens (including phenoxy) is 2. The molecule has 2 aromatic carbocycles. The molecule has 8 nitrogen and oxygen atoms in total. The number of carbonyl (C=O) groups is 2. The summed E-state index contributed by atoms with van der Waals surface area (Å²) in [6.07, 6.45) is -1.09. The molecule has 2 aromatic rings. The molecule has 1 atom stereocenters. The number of carbonyl (C=O) groups excluding carboxylic acids is 2. The monoisotopic (exact) mass is 462 g/mol. The molecule has 1 N–H and O–H groups in total. The first kappa shape index (κ1) is 21.8. The third kappa shape index (κ3) is 4.28. The number of amides is 3. The molecule has 2 aliphatic rings. The molecule has 0 aromatic heterocycles. The van der Waals surface area contributed by atoms with E-state index in [1.54, 1.807) is 6.07 Å². The quantitative estimate of drug-likeness (QED) is 0.688. The van der Waals surface area contributed by atoms with Gasteiger partial charge in [-0.3, -0.25) is 14.7 Å². The molecule has 3 amide bonds. The van der Waals surface area contributed by atoms with Gasteiger partial charge in [0.25, 0.3) is 5.17 Å². The van der Waals surface area contributed by atoms with Crippen LogP contribution in [0.1, 0.15) is 0 Å². The van der Waals surface area contributed by atoms with Gasteiger partial charge in [-0.15, -0.1) is 0 Å². The third-order valence-electron chi connectivity index (χ3n) is 5.21. The Morgan fingerprint density at radius 1 is 1.09 bits per heavy atom. The first-order chi connectivity index (χ1) is 15.4. The Bertz CT molecular complexity index is 1050. The second-order valence-electron chi connectivity index (χ2n) is 7.19. The number of benzene rings is 2. The van der Waals surface area contributed by atoms with Gasteiger partial charge < -0.3 is 14.8 Å². The first-order valence-corrected chi connectivity index (χ1v) is 10.2. The highest BCUT2D eigenvalue weighted by atomic mass is 32.1. The number of nitrogens with zero attached hydrogens (tertiary/aromatic N) is 3. The van der Waals surface area contributed by atoms with E-state index in [0.29, 0.717) is 17.9 Å². The van der Waals surface area contributed by atoms with Crippen LogP contribution in [0.5, 0.6) is 0 Å². The van der Waals surface area contributed by atoms with Gasteiger partial charge in [-0.25, -0.2) is 18.4 Å². The number of nitrogens with one attached hydrogen (secondary N) is 1. The Morgan fingerprint density at radius 2 is 1.78 bits per heavy atom. The van der Waals surface area contributed by atoms with Gasteiger partial charge in [-0.1, -0.05) is 0 Å². The third-order valence-corrected chi connectivity index (χ3v) is 5.53. The van der Waals surface area contributed by atoms with Crippen LogP contribution in [0.15, 0.2) is 42.5 Å². The number of anilines is 3. The molecule has 0 bridgehead atoms. The maximum Gasteiger partial charge on any atom is 0.414 e. The molecule has 0 aliphatic carbocycles. The number of hydrogen-bond acceptors (Lipinski definition) is 5. The second kappa shape index (κ2) is 8.95. The van der Waals surface area contributed by atoms with Crippen LogP contribution in [0.2, 0.25) is 0 Å². The molecule has 2 fully saturated rings. The lowest BCUT2D eigenvalue weighted by atomic mass is 10.2. The summed E-state index contributed by atoms with van der Waals surface area (Å²) in [7, 11) is 1.43. The van der Waals surface area contributed by atoms with Crippen molar-refractivity contribution in [3.63, 3.8) is 0 Å². The Kier molecular flexibility index (Phi) is 6.08. The molecule has 2 heterocycles. The van der Waals surface area contributed by atoms with E-state index in [2.05, 4.69) is 5.32 Å². The van der Waals surface area contributed by atoms with E-state index < -0.39 is 29.9 Å². The van der Waals surface area contributed by atoms with Crippen LogP contribution in [0, 0.1) is 11.6 Å². The number of thiocarbonyl (C=S) groups is 1. The zero-order valence-electron chi connectivity index (χ0n) is 17.1. The minimum atomic E-state index is -0.647. The molecule has 11 heteroatoms. The van der Waals surface area contributed by atoms with Crippen LogP contribution >= 0.6 is 12.2 Å². The van der Waals surface area contributed by atoms with Crippen LogP contribution in [0.25, 0.3) is 0 Å². The highest BCUT2D eigenvalue weighted by Crippen LogP contribution is 2.31. The van der Waals surface area contributed by atoms with E-state index in [-0.39, 0.29) is 30.5 Å². The van der Waals surface area contributed by atoms with Crippen LogP contribution in [-0.4, -0.2) is 56.7 Å². The van der Waals surface area contributed by atoms with Gasteiger partial charge >= 0.3 is 12.1 Å². The van der Waals surface area contributed by atoms with Crippen LogP contribution in [-0.2, 0) is 9.47 Å². The van der Waals surface area contributed by atoms with Gasteiger partial charge in [-0.05, 0) is 54.7 Å². The zero-order chi connectivity index (χ0) is 22.8. The van der Waals surface area contributed by atoms with Crippen molar-refractivity contribution >= 4 is 46.6 Å². The molecule has 0 spiro atoms. The number of methoxy groups -OCH3 is 1. The maximum absolute atomic E-state index is 14.9. The van der Waals surface area contributed by atoms with Gasteiger partial charge in [0.15, 0.2) is 0 Å². The summed E-state index contributed by atoms with van der Waals surface area (Å²) < 4.78 is 38.2. The van der Waals surface area contributed by atoms with E-state index in [1.165, 1.54) is 58.2 Å². The van der Waals surface area contributed by atoms with Gasteiger partial charge in [0, 0.05) is 18.8 Å². The fraction of sp³-hybridized carbons (Fsp3) is 0.286. The summed E-state index contributed by atoms with van der Waals surface area (Å²) >= 11 is 4.89. The number of halogens is 2. The summed E-state index contributed by atoms with van der Waals surface area (Å²) in [4.78, 5) is 29.1. The van der Waals surface area contributed by atoms with Crippen molar-refractivity contribution in [2.24, 2.45) is 0 Å². The van der Waals surface area contributed by atoms with Crippen molar-refractivity contribution < 1.29 is 27.8 Å². The molecular formula is C21H20F2N4O4S. The van der Waals surface area contributed by atoms with E-state index in [9.17, 15) is 18.4 Å². The van der Waals surface area contributed by atoms with Gasteiger partial charge in [-0.2, -0.15) is 0 Å². The normalized spacial score (nSPS) is 18.2. The Labute approximate surface area is 188 Å². The number of hydrogen-bond donors (Lipinski definition) is 1. The summed E-state index contributed by atoms with van der Waals surface area (Å²) in [6, 6.07) is 9.32. The molecule has 168 valence electrons. The average molecular weight is 462 g/mol. The molecule has 1 unspecified atom stereocenters. The Balaban J connectivity index is 1.46. The van der Waals surface area contributed by atoms with E-state index in [4.69, 9.17) is 21.7 Å². The lowest BCUT2D eigenvalue weighted by Crippen LogP contribution is -2.34. The topological polar surface area (TPSA) is 74.4 Å². The smallest absolute Gasteiger partial charge is 0.414 e. The summed E-state index contributed by atoms with van der Waals surface area (Å²) in [5.41, 5.74) is 0.943. The van der Waals surface area contributed by atoms with Crippen molar-refractivity contribution in [3.05, 3.63) is 54.1 Å². The summed E-state index contributed by atoms with van der Waals surface area (Å²) in [5, 5.41) is 2.99. The summed E-state index contributed by atoms with van der Waals surface area (Å²) in [5.74, 6) is -1.05. The predicted molar refractivity (Wildman–Crippen MR) is 118 cm³/mol. The average Bonchev–Trinajstić information content (AvgIpc) is 3.35. The standard InChI is InChI=1S/C21H20F2N4O4S/c1-30-19(32)24-11-16-12-27(21(29)31-16)15-6-7-18(17(23)10-15)26-9-8-25(20(26)28)14-4-2-13(22)3-5-14/h2-7,10,16H,8-9,11-12H2,1H3,(H,24,32). The number of urea groups is 1. The van der Waals surface area contributed by atoms with Crippen molar-refractivity contribution in [1.82, 2.24) is 5.32 Å². The first-order valence-electron chi connectivity index (χ1n) is 9.81. The van der Waals surface area contributed by atoms with Gasteiger partial charge in [0.2, 0.25) is 0 Å². The predicted octanol–water partition coefficient (Wildman–Crippen LogP) is 3.26. The largest absolute Gasteiger partial charge is 0.474 e. The fourth-order valence-corrected chi connectivity index (χ4v) is 3.70. The minimum Gasteiger partial charge on any atom is -0.474 e. The second-order valence-corrected chi connectivity index (χ2v) is 7.56. The van der Waals surface area contributed by atoms with Crippen molar-refractivity contribution in [2.75, 3.05) is 48.0 Å². The molecule has 0 radical (unpaired) electrons. The van der Waals surface area contributed by atoms with Crippen molar-refractivity contribution in [3.8, 4) is 0 Å². The minimum absolute atomic E-state index is 0.0968. The fourth-order valence-electron chi connectivity index (χ4n) is 3.61. The molecular weight excluding hydrogens is 442 g/mol. The zero-order valence-corrected chi connectivity index (χ0v) is 17.9. The summed E-state index contributed by atoms with van der Waals surface area (Å²) in [6.45, 7) is 1.07. The number of rotatable bonds is 5. The maximum atomic E-state index is 14.9.